The highest BCUT2D eigenvalue weighted by Gasteiger charge is 2.51. The van der Waals surface area contributed by atoms with Crippen molar-refractivity contribution in [3.05, 3.63) is 36.0 Å². The molecule has 0 radical (unpaired) electrons. The molecule has 1 aliphatic carbocycles. The number of benzene rings is 1. The quantitative estimate of drug-likeness (QED) is 0.416. The number of morpholine rings is 1. The summed E-state index contributed by atoms with van der Waals surface area (Å²) in [5.41, 5.74) is 2.17. The molecule has 2 aliphatic rings. The zero-order chi connectivity index (χ0) is 25.8. The van der Waals surface area contributed by atoms with Gasteiger partial charge in [-0.3, -0.25) is 0 Å². The molecule has 1 aromatic carbocycles. The summed E-state index contributed by atoms with van der Waals surface area (Å²) < 4.78 is 31.5. The van der Waals surface area contributed by atoms with Gasteiger partial charge >= 0.3 is 0 Å². The molecule has 9 nitrogen and oxygen atoms in total. The van der Waals surface area contributed by atoms with Gasteiger partial charge in [-0.25, -0.2) is 18.4 Å². The summed E-state index contributed by atoms with van der Waals surface area (Å²) in [7, 11) is -3.51. The minimum atomic E-state index is -3.51. The molecular formula is C25H35N5O4S2. The first kappa shape index (κ1) is 26.7. The van der Waals surface area contributed by atoms with Gasteiger partial charge in [-0.05, 0) is 76.0 Å². The van der Waals surface area contributed by atoms with Crippen LogP contribution in [0.5, 0.6) is 0 Å². The van der Waals surface area contributed by atoms with Crippen LogP contribution >= 0.6 is 12.2 Å². The third kappa shape index (κ3) is 5.49. The summed E-state index contributed by atoms with van der Waals surface area (Å²) in [6.45, 7) is 6.48. The molecule has 1 saturated carbocycles. The zero-order valence-corrected chi connectivity index (χ0v) is 22.5. The Hall–Kier alpha value is -2.34. The van der Waals surface area contributed by atoms with Gasteiger partial charge in [0.1, 0.15) is 10.6 Å². The number of sulfone groups is 1. The molecule has 2 fully saturated rings. The van der Waals surface area contributed by atoms with E-state index in [-0.39, 0.29) is 24.8 Å². The average molecular weight is 534 g/mol. The Morgan fingerprint density at radius 3 is 2.64 bits per heavy atom. The van der Waals surface area contributed by atoms with Gasteiger partial charge in [-0.2, -0.15) is 0 Å². The van der Waals surface area contributed by atoms with Gasteiger partial charge in [0.25, 0.3) is 0 Å². The number of nitrogens with one attached hydrogen (secondary N) is 2. The van der Waals surface area contributed by atoms with Gasteiger partial charge in [-0.1, -0.05) is 0 Å². The van der Waals surface area contributed by atoms with E-state index >= 15 is 0 Å². The Morgan fingerprint density at radius 2 is 2.03 bits per heavy atom. The fourth-order valence-corrected chi connectivity index (χ4v) is 7.22. The van der Waals surface area contributed by atoms with Crippen LogP contribution in [-0.4, -0.2) is 73.3 Å². The molecule has 3 N–H and O–H groups in total. The number of hydrogen-bond acceptors (Lipinski definition) is 8. The number of anilines is 2. The largest absolute Gasteiger partial charge is 0.396 e. The SMILES string of the molecule is CCNC(=S)Nc1ccc(-c2nc(N3CCOC[C@@H]3C)cc(C3(S(=O)(=O)CCCO)CCC3)n2)cc1. The minimum Gasteiger partial charge on any atom is -0.396 e. The molecule has 0 amide bonds. The van der Waals surface area contributed by atoms with Gasteiger partial charge in [0, 0.05) is 37.0 Å². The lowest BCUT2D eigenvalue weighted by atomic mass is 9.81. The van der Waals surface area contributed by atoms with Gasteiger partial charge in [-0.15, -0.1) is 0 Å². The molecule has 1 aliphatic heterocycles. The van der Waals surface area contributed by atoms with E-state index in [9.17, 15) is 13.5 Å². The number of hydrogen-bond donors (Lipinski definition) is 3. The highest BCUT2D eigenvalue weighted by atomic mass is 32.2. The van der Waals surface area contributed by atoms with Gasteiger partial charge in [0.15, 0.2) is 20.8 Å². The van der Waals surface area contributed by atoms with E-state index in [4.69, 9.17) is 26.9 Å². The first-order valence-corrected chi connectivity index (χ1v) is 14.6. The molecule has 11 heteroatoms. The van der Waals surface area contributed by atoms with Crippen molar-refractivity contribution in [2.24, 2.45) is 0 Å². The number of ether oxygens (including phenoxy) is 1. The van der Waals surface area contributed by atoms with Gasteiger partial charge in [0.05, 0.1) is 30.7 Å². The van der Waals surface area contributed by atoms with E-state index in [2.05, 4.69) is 22.5 Å². The maximum atomic E-state index is 13.5. The maximum Gasteiger partial charge on any atom is 0.170 e. The molecule has 1 atom stereocenters. The predicted octanol–water partition coefficient (Wildman–Crippen LogP) is 2.85. The summed E-state index contributed by atoms with van der Waals surface area (Å²) in [4.78, 5) is 11.9. The standard InChI is InChI=1S/C25H35N5O4S2/c1-3-26-24(35)27-20-8-6-19(7-9-20)23-28-21(16-22(29-23)30-12-14-34-17-18(30)2)25(10-4-11-25)36(32,33)15-5-13-31/h6-9,16,18,31H,3-5,10-15,17H2,1-2H3,(H2,26,27,35)/t18-/m0/s1. The van der Waals surface area contributed by atoms with Crippen molar-refractivity contribution in [2.75, 3.05) is 48.9 Å². The Labute approximate surface area is 218 Å². The summed E-state index contributed by atoms with van der Waals surface area (Å²) in [5, 5.41) is 16.0. The molecule has 36 heavy (non-hydrogen) atoms. The molecular weight excluding hydrogens is 498 g/mol. The topological polar surface area (TPSA) is 117 Å². The number of thiocarbonyl (C=S) groups is 1. The molecule has 196 valence electrons. The Morgan fingerprint density at radius 1 is 1.28 bits per heavy atom. The van der Waals surface area contributed by atoms with Crippen molar-refractivity contribution in [1.82, 2.24) is 15.3 Å². The third-order valence-corrected chi connectivity index (χ3v) is 9.79. The molecule has 2 heterocycles. The van der Waals surface area contributed by atoms with E-state index in [1.54, 1.807) is 0 Å². The first-order valence-electron chi connectivity index (χ1n) is 12.5. The van der Waals surface area contributed by atoms with E-state index in [0.29, 0.717) is 55.0 Å². The molecule has 0 bridgehead atoms. The Balaban J connectivity index is 1.75. The second-order valence-corrected chi connectivity index (χ2v) is 12.2. The second kappa shape index (κ2) is 11.4. The van der Waals surface area contributed by atoms with Crippen molar-refractivity contribution in [3.8, 4) is 11.4 Å². The highest BCUT2D eigenvalue weighted by Crippen LogP contribution is 2.49. The fraction of sp³-hybridized carbons (Fsp3) is 0.560. The second-order valence-electron chi connectivity index (χ2n) is 9.36. The van der Waals surface area contributed by atoms with Crippen LogP contribution in [-0.2, 0) is 19.3 Å². The zero-order valence-electron chi connectivity index (χ0n) is 20.9. The van der Waals surface area contributed by atoms with Crippen LogP contribution in [0.4, 0.5) is 11.5 Å². The van der Waals surface area contributed by atoms with Gasteiger partial charge in [0.2, 0.25) is 0 Å². The maximum absolute atomic E-state index is 13.5. The van der Waals surface area contributed by atoms with E-state index in [1.807, 2.05) is 37.3 Å². The summed E-state index contributed by atoms with van der Waals surface area (Å²) in [6, 6.07) is 9.60. The molecule has 1 aromatic heterocycles. The van der Waals surface area contributed by atoms with Crippen LogP contribution in [0.15, 0.2) is 30.3 Å². The van der Waals surface area contributed by atoms with E-state index in [1.165, 1.54) is 0 Å². The highest BCUT2D eigenvalue weighted by molar-refractivity contribution is 7.92. The minimum absolute atomic E-state index is 0.0573. The van der Waals surface area contributed by atoms with Crippen LogP contribution in [0, 0.1) is 0 Å². The smallest absolute Gasteiger partial charge is 0.170 e. The van der Waals surface area contributed by atoms with Crippen LogP contribution in [0.25, 0.3) is 11.4 Å². The lowest BCUT2D eigenvalue weighted by Gasteiger charge is -2.41. The first-order chi connectivity index (χ1) is 17.3. The lowest BCUT2D eigenvalue weighted by molar-refractivity contribution is 0.0985. The monoisotopic (exact) mass is 533 g/mol. The number of aliphatic hydroxyl groups is 1. The van der Waals surface area contributed by atoms with Crippen molar-refractivity contribution < 1.29 is 18.3 Å². The summed E-state index contributed by atoms with van der Waals surface area (Å²) >= 11 is 5.27. The summed E-state index contributed by atoms with van der Waals surface area (Å²) in [6.07, 6.45) is 2.10. The molecule has 1 saturated heterocycles. The molecule has 0 spiro atoms. The number of aromatic nitrogens is 2. The van der Waals surface area contributed by atoms with Crippen LogP contribution in [0.3, 0.4) is 0 Å². The number of aliphatic hydroxyl groups excluding tert-OH is 1. The van der Waals surface area contributed by atoms with Crippen LogP contribution in [0.2, 0.25) is 0 Å². The molecule has 0 unspecified atom stereocenters. The van der Waals surface area contributed by atoms with Crippen molar-refractivity contribution in [1.29, 1.82) is 0 Å². The van der Waals surface area contributed by atoms with E-state index in [0.717, 1.165) is 24.2 Å². The van der Waals surface area contributed by atoms with Crippen molar-refractivity contribution in [2.45, 2.75) is 50.3 Å². The van der Waals surface area contributed by atoms with Crippen molar-refractivity contribution in [3.63, 3.8) is 0 Å². The van der Waals surface area contributed by atoms with E-state index < -0.39 is 14.6 Å². The summed E-state index contributed by atoms with van der Waals surface area (Å²) in [5.74, 6) is 1.15. The normalized spacial score (nSPS) is 19.4. The number of nitrogens with zero attached hydrogens (tertiary/aromatic N) is 3. The van der Waals surface area contributed by atoms with Gasteiger partial charge < -0.3 is 25.4 Å². The molecule has 4 rings (SSSR count). The molecule has 2 aromatic rings. The lowest BCUT2D eigenvalue weighted by Crippen LogP contribution is -2.46. The fourth-order valence-electron chi connectivity index (χ4n) is 4.72. The van der Waals surface area contributed by atoms with Crippen LogP contribution < -0.4 is 15.5 Å². The Kier molecular flexibility index (Phi) is 8.44. The predicted molar refractivity (Wildman–Crippen MR) is 146 cm³/mol. The Bertz CT molecular complexity index is 1170. The number of rotatable bonds is 9. The van der Waals surface area contributed by atoms with Crippen LogP contribution in [0.1, 0.15) is 45.2 Å². The average Bonchev–Trinajstić information content (AvgIpc) is 2.82. The third-order valence-electron chi connectivity index (χ3n) is 6.91. The van der Waals surface area contributed by atoms with Crippen molar-refractivity contribution >= 4 is 38.7 Å².